The normalized spacial score (nSPS) is 25.1. The van der Waals surface area contributed by atoms with E-state index in [0.29, 0.717) is 42.7 Å². The fraction of sp³-hybridized carbons (Fsp3) is 0.562. The van der Waals surface area contributed by atoms with Crippen LogP contribution in [0.3, 0.4) is 0 Å². The molecule has 227 valence electrons. The standard InChI is InChI=1S/C32H39N3O7.Ac/c1-7-8-25(36)39-13-24-27-20(29(37)18(4)31-32(27)42-15-41-31)11-22-28-26-19(9-16(2)17(3)30(26)40-14-38-6)10-21(34(28)5)23(12-33)35(22)24;/h9,21-24,28,37H,7-8,10-11,13-15H2,1-6H3;/t21-,22?,23-,24-,28-;/m0./s1. The minimum absolute atomic E-state index is 0. The summed E-state index contributed by atoms with van der Waals surface area (Å²) >= 11 is 0. The molecule has 1 radical (unpaired) electrons. The molecule has 0 amide bonds. The number of hydrogen-bond acceptors (Lipinski definition) is 10. The summed E-state index contributed by atoms with van der Waals surface area (Å²) in [6.07, 6.45) is 2.12. The van der Waals surface area contributed by atoms with Gasteiger partial charge in [-0.3, -0.25) is 14.6 Å². The predicted molar refractivity (Wildman–Crippen MR) is 153 cm³/mol. The summed E-state index contributed by atoms with van der Waals surface area (Å²) in [7, 11) is 3.68. The number of methoxy groups -OCH3 is 1. The fourth-order valence-corrected chi connectivity index (χ4v) is 7.60. The third-order valence-electron chi connectivity index (χ3n) is 9.61. The van der Waals surface area contributed by atoms with Crippen molar-refractivity contribution in [1.29, 1.82) is 5.26 Å². The van der Waals surface area contributed by atoms with Crippen molar-refractivity contribution in [3.63, 3.8) is 0 Å². The van der Waals surface area contributed by atoms with Gasteiger partial charge in [0, 0.05) is 91.9 Å². The second-order valence-corrected chi connectivity index (χ2v) is 11.8. The summed E-state index contributed by atoms with van der Waals surface area (Å²) < 4.78 is 29.2. The zero-order valence-electron chi connectivity index (χ0n) is 25.7. The van der Waals surface area contributed by atoms with Crippen LogP contribution in [0, 0.1) is 76.2 Å². The minimum atomic E-state index is -0.513. The smallest absolute Gasteiger partial charge is 0.305 e. The molecule has 2 bridgehead atoms. The molecule has 2 aromatic carbocycles. The number of fused-ring (bicyclic) bond motifs is 9. The average molecular weight is 805 g/mol. The molecular formula is C32H39AcN3O7. The molecule has 11 heteroatoms. The van der Waals surface area contributed by atoms with Gasteiger partial charge in [-0.05, 0) is 63.8 Å². The van der Waals surface area contributed by atoms with Crippen LogP contribution in [0.1, 0.15) is 70.8 Å². The van der Waals surface area contributed by atoms with E-state index in [0.717, 1.165) is 33.6 Å². The Bertz CT molecular complexity index is 1470. The Kier molecular flexibility index (Phi) is 9.57. The number of nitriles is 1. The number of carbonyl (C=O) groups excluding carboxylic acids is 1. The summed E-state index contributed by atoms with van der Waals surface area (Å²) in [5.41, 5.74) is 6.54. The average Bonchev–Trinajstić information content (AvgIpc) is 3.46. The van der Waals surface area contributed by atoms with Crippen LogP contribution >= 0.6 is 0 Å². The molecule has 10 nitrogen and oxygen atoms in total. The number of esters is 1. The number of carbonyl (C=O) groups is 1. The molecule has 1 unspecified atom stereocenters. The molecule has 4 aliphatic rings. The van der Waals surface area contributed by atoms with Crippen LogP contribution in [0.15, 0.2) is 6.07 Å². The van der Waals surface area contributed by atoms with Crippen LogP contribution in [0.25, 0.3) is 0 Å². The van der Waals surface area contributed by atoms with Crippen molar-refractivity contribution in [3.8, 4) is 29.1 Å². The van der Waals surface area contributed by atoms with Gasteiger partial charge in [0.1, 0.15) is 24.1 Å². The van der Waals surface area contributed by atoms with Crippen molar-refractivity contribution in [1.82, 2.24) is 9.80 Å². The van der Waals surface area contributed by atoms with Crippen molar-refractivity contribution >= 4 is 5.97 Å². The first-order chi connectivity index (χ1) is 20.2. The van der Waals surface area contributed by atoms with E-state index in [4.69, 9.17) is 23.7 Å². The molecule has 0 aliphatic carbocycles. The van der Waals surface area contributed by atoms with E-state index in [1.807, 2.05) is 13.8 Å². The van der Waals surface area contributed by atoms with E-state index >= 15 is 0 Å². The molecule has 1 N–H and O–H groups in total. The van der Waals surface area contributed by atoms with Crippen molar-refractivity contribution < 1.29 is 77.6 Å². The minimum Gasteiger partial charge on any atom is -0.507 e. The molecule has 0 saturated carbocycles. The van der Waals surface area contributed by atoms with Gasteiger partial charge in [-0.15, -0.1) is 0 Å². The monoisotopic (exact) mass is 804 g/mol. The van der Waals surface area contributed by atoms with Gasteiger partial charge in [-0.2, -0.15) is 5.26 Å². The van der Waals surface area contributed by atoms with Gasteiger partial charge in [-0.25, -0.2) is 0 Å². The number of nitrogens with zero attached hydrogens (tertiary/aromatic N) is 3. The molecule has 1 fully saturated rings. The van der Waals surface area contributed by atoms with Gasteiger partial charge in [0.15, 0.2) is 18.3 Å². The summed E-state index contributed by atoms with van der Waals surface area (Å²) in [5.74, 6) is 1.74. The van der Waals surface area contributed by atoms with E-state index in [1.54, 1.807) is 7.11 Å². The van der Waals surface area contributed by atoms with E-state index in [1.165, 1.54) is 5.56 Å². The second kappa shape index (κ2) is 12.7. The van der Waals surface area contributed by atoms with Crippen LogP contribution in [-0.2, 0) is 27.1 Å². The van der Waals surface area contributed by atoms with Crippen molar-refractivity contribution in [2.75, 3.05) is 34.4 Å². The third-order valence-corrected chi connectivity index (χ3v) is 9.61. The van der Waals surface area contributed by atoms with Crippen LogP contribution < -0.4 is 14.2 Å². The van der Waals surface area contributed by atoms with Gasteiger partial charge >= 0.3 is 5.97 Å². The number of piperazine rings is 1. The van der Waals surface area contributed by atoms with Crippen LogP contribution in [0.4, 0.5) is 0 Å². The Morgan fingerprint density at radius 3 is 2.58 bits per heavy atom. The largest absolute Gasteiger partial charge is 0.507 e. The quantitative estimate of drug-likeness (QED) is 0.324. The van der Waals surface area contributed by atoms with Gasteiger partial charge in [0.25, 0.3) is 0 Å². The number of rotatable bonds is 7. The molecule has 0 aromatic heterocycles. The van der Waals surface area contributed by atoms with Crippen LogP contribution in [0.5, 0.6) is 23.0 Å². The number of phenolic OH excluding ortho intramolecular Hbond substituents is 1. The fourth-order valence-electron chi connectivity index (χ4n) is 7.60. The maximum Gasteiger partial charge on any atom is 0.305 e. The van der Waals surface area contributed by atoms with E-state index in [2.05, 4.69) is 42.8 Å². The first-order valence-corrected chi connectivity index (χ1v) is 14.7. The van der Waals surface area contributed by atoms with Crippen molar-refractivity contribution in [2.24, 2.45) is 0 Å². The molecule has 0 spiro atoms. The van der Waals surface area contributed by atoms with Gasteiger partial charge in [0.05, 0.1) is 18.2 Å². The third kappa shape index (κ3) is 5.12. The number of phenols is 1. The maximum absolute atomic E-state index is 12.6. The first-order valence-electron chi connectivity index (χ1n) is 14.7. The summed E-state index contributed by atoms with van der Waals surface area (Å²) in [5, 5.41) is 22.3. The molecular weight excluding hydrogens is 765 g/mol. The van der Waals surface area contributed by atoms with Crippen LogP contribution in [-0.4, -0.2) is 73.4 Å². The molecule has 4 aliphatic heterocycles. The number of hydrogen-bond donors (Lipinski definition) is 1. The van der Waals surface area contributed by atoms with E-state index < -0.39 is 12.1 Å². The topological polar surface area (TPSA) is 114 Å². The number of likely N-dealkylation sites (N-methyl/N-ethyl adjacent to an activating group) is 1. The van der Waals surface area contributed by atoms with Crippen molar-refractivity contribution in [3.05, 3.63) is 45.0 Å². The predicted octanol–water partition coefficient (Wildman–Crippen LogP) is 4.14. The van der Waals surface area contributed by atoms with E-state index in [-0.39, 0.29) is 94.1 Å². The number of aromatic hydroxyl groups is 1. The van der Waals surface area contributed by atoms with E-state index in [9.17, 15) is 15.2 Å². The molecule has 43 heavy (non-hydrogen) atoms. The van der Waals surface area contributed by atoms with Crippen LogP contribution in [0.2, 0.25) is 0 Å². The van der Waals surface area contributed by atoms with Gasteiger partial charge in [-0.1, -0.05) is 13.0 Å². The SMILES string of the molecule is CCCC(=O)OC[C@H]1c2c(c(O)c(C)c3c2OCO3)CC2[C@H]3c4c(cc(C)c(C)c4OCOC)C[C@@H]([C@H](C#N)N21)N3C.[Ac]. The Balaban J connectivity index is 0.00000368. The molecule has 6 rings (SSSR count). The Hall–Kier alpha value is -2.08. The first kappa shape index (κ1) is 32.3. The van der Waals surface area contributed by atoms with Crippen molar-refractivity contribution in [2.45, 2.75) is 83.6 Å². The zero-order chi connectivity index (χ0) is 29.9. The Morgan fingerprint density at radius 2 is 1.88 bits per heavy atom. The summed E-state index contributed by atoms with van der Waals surface area (Å²) in [6.45, 7) is 8.10. The Labute approximate surface area is 288 Å². The van der Waals surface area contributed by atoms with Gasteiger partial charge in [0.2, 0.25) is 6.79 Å². The summed E-state index contributed by atoms with van der Waals surface area (Å²) in [4.78, 5) is 17.2. The molecule has 1 saturated heterocycles. The van der Waals surface area contributed by atoms with Gasteiger partial charge < -0.3 is 28.8 Å². The Morgan fingerprint density at radius 1 is 1.14 bits per heavy atom. The second-order valence-electron chi connectivity index (χ2n) is 11.8. The number of benzene rings is 2. The summed E-state index contributed by atoms with van der Waals surface area (Å²) in [6, 6.07) is 3.34. The number of aryl methyl sites for hydroxylation is 1. The zero-order valence-corrected chi connectivity index (χ0v) is 30.5. The molecule has 4 heterocycles. The number of ether oxygens (including phenoxy) is 5. The molecule has 2 aromatic rings. The maximum atomic E-state index is 12.6. The molecule has 5 atom stereocenters.